The monoisotopic (exact) mass is 295 g/mol. The molecule has 3 nitrogen and oxygen atoms in total. The number of aromatic nitrogens is 2. The molecule has 2 rings (SSSR count). The first-order valence-corrected chi connectivity index (χ1v) is 6.97. The average Bonchev–Trinajstić information content (AvgIpc) is 2.35. The average molecular weight is 295 g/mol. The quantitative estimate of drug-likeness (QED) is 0.881. The van der Waals surface area contributed by atoms with Crippen LogP contribution in [0.2, 0.25) is 0 Å². The summed E-state index contributed by atoms with van der Waals surface area (Å²) in [5, 5.41) is 0.313. The molecule has 1 atom stereocenters. The highest BCUT2D eigenvalue weighted by Crippen LogP contribution is 2.30. The number of benzene rings is 1. The van der Waals surface area contributed by atoms with Crippen molar-refractivity contribution in [3.63, 3.8) is 0 Å². The fraction of sp³-hybridized carbons (Fsp3) is 0.286. The highest BCUT2D eigenvalue weighted by Gasteiger charge is 2.14. The van der Waals surface area contributed by atoms with Gasteiger partial charge >= 0.3 is 0 Å². The van der Waals surface area contributed by atoms with Crippen LogP contribution in [0, 0.1) is 18.6 Å². The number of halogens is 2. The first-order valence-electron chi connectivity index (χ1n) is 6.15. The molecule has 20 heavy (non-hydrogen) atoms. The van der Waals surface area contributed by atoms with Gasteiger partial charge in [0.25, 0.3) is 0 Å². The van der Waals surface area contributed by atoms with Gasteiger partial charge in [0, 0.05) is 18.4 Å². The lowest BCUT2D eigenvalue weighted by molar-refractivity contribution is 0.535. The van der Waals surface area contributed by atoms with Gasteiger partial charge in [0.15, 0.2) is 5.16 Å². The van der Waals surface area contributed by atoms with Gasteiger partial charge in [-0.3, -0.25) is 0 Å². The van der Waals surface area contributed by atoms with Gasteiger partial charge < -0.3 is 5.73 Å². The second kappa shape index (κ2) is 6.28. The molecule has 0 spiro atoms. The van der Waals surface area contributed by atoms with Crippen molar-refractivity contribution in [3.05, 3.63) is 47.3 Å². The Kier molecular flexibility index (Phi) is 4.67. The standard InChI is InChI=1S/C14H15F2N3S/c1-8-6-18-14(19-7-8)20-13-11(15)4-10(3-9(2)17)5-12(13)16/h4-7,9H,3,17H2,1-2H3. The second-order valence-corrected chi connectivity index (χ2v) is 5.69. The zero-order valence-electron chi connectivity index (χ0n) is 11.2. The summed E-state index contributed by atoms with van der Waals surface area (Å²) in [4.78, 5) is 7.96. The highest BCUT2D eigenvalue weighted by atomic mass is 32.2. The van der Waals surface area contributed by atoms with E-state index in [1.807, 2.05) is 6.92 Å². The molecule has 0 amide bonds. The third-order valence-corrected chi connectivity index (χ3v) is 3.55. The Labute approximate surface area is 120 Å². The van der Waals surface area contributed by atoms with Gasteiger partial charge in [-0.05, 0) is 55.3 Å². The maximum atomic E-state index is 14.0. The number of rotatable bonds is 4. The van der Waals surface area contributed by atoms with Crippen molar-refractivity contribution in [1.82, 2.24) is 9.97 Å². The summed E-state index contributed by atoms with van der Waals surface area (Å²) >= 11 is 0.874. The Hall–Kier alpha value is -1.53. The minimum Gasteiger partial charge on any atom is -0.328 e. The molecule has 1 aromatic heterocycles. The Morgan fingerprint density at radius 2 is 1.75 bits per heavy atom. The van der Waals surface area contributed by atoms with Crippen LogP contribution in [0.25, 0.3) is 0 Å². The molecular weight excluding hydrogens is 280 g/mol. The molecule has 1 unspecified atom stereocenters. The molecular formula is C14H15F2N3S. The van der Waals surface area contributed by atoms with E-state index in [0.29, 0.717) is 17.1 Å². The minimum atomic E-state index is -0.616. The van der Waals surface area contributed by atoms with Crippen LogP contribution in [0.1, 0.15) is 18.1 Å². The van der Waals surface area contributed by atoms with E-state index < -0.39 is 11.6 Å². The number of nitrogens with zero attached hydrogens (tertiary/aromatic N) is 2. The fourth-order valence-corrected chi connectivity index (χ4v) is 2.43. The summed E-state index contributed by atoms with van der Waals surface area (Å²) in [7, 11) is 0. The molecule has 0 aliphatic carbocycles. The van der Waals surface area contributed by atoms with Gasteiger partial charge in [-0.2, -0.15) is 0 Å². The van der Waals surface area contributed by atoms with E-state index in [1.54, 1.807) is 19.3 Å². The summed E-state index contributed by atoms with van der Waals surface area (Å²) in [5.74, 6) is -1.23. The number of hydrogen-bond donors (Lipinski definition) is 1. The van der Waals surface area contributed by atoms with Gasteiger partial charge in [-0.15, -0.1) is 0 Å². The van der Waals surface area contributed by atoms with Crippen molar-refractivity contribution < 1.29 is 8.78 Å². The summed E-state index contributed by atoms with van der Waals surface area (Å²) < 4.78 is 27.9. The van der Waals surface area contributed by atoms with E-state index >= 15 is 0 Å². The molecule has 0 aliphatic heterocycles. The smallest absolute Gasteiger partial charge is 0.192 e. The van der Waals surface area contributed by atoms with Gasteiger partial charge in [-0.25, -0.2) is 18.7 Å². The summed E-state index contributed by atoms with van der Waals surface area (Å²) in [5.41, 5.74) is 7.07. The van der Waals surface area contributed by atoms with Crippen molar-refractivity contribution in [3.8, 4) is 0 Å². The summed E-state index contributed by atoms with van der Waals surface area (Å²) in [6.45, 7) is 3.64. The molecule has 2 aromatic rings. The van der Waals surface area contributed by atoms with Crippen molar-refractivity contribution >= 4 is 11.8 Å². The Morgan fingerprint density at radius 1 is 1.20 bits per heavy atom. The molecule has 2 N–H and O–H groups in total. The molecule has 0 saturated heterocycles. The van der Waals surface area contributed by atoms with Crippen LogP contribution < -0.4 is 5.73 Å². The van der Waals surface area contributed by atoms with Crippen molar-refractivity contribution in [2.75, 3.05) is 0 Å². The van der Waals surface area contributed by atoms with Gasteiger partial charge in [0.05, 0.1) is 4.90 Å². The molecule has 0 radical (unpaired) electrons. The third-order valence-electron chi connectivity index (χ3n) is 2.57. The molecule has 0 aliphatic rings. The lowest BCUT2D eigenvalue weighted by Crippen LogP contribution is -2.18. The van der Waals surface area contributed by atoms with E-state index in [4.69, 9.17) is 5.73 Å². The first-order chi connectivity index (χ1) is 9.45. The topological polar surface area (TPSA) is 51.8 Å². The SMILES string of the molecule is Cc1cnc(Sc2c(F)cc(CC(C)N)cc2F)nc1. The van der Waals surface area contributed by atoms with E-state index in [2.05, 4.69) is 9.97 Å². The van der Waals surface area contributed by atoms with Crippen molar-refractivity contribution in [1.29, 1.82) is 0 Å². The summed E-state index contributed by atoms with van der Waals surface area (Å²) in [6, 6.07) is 2.47. The molecule has 0 fully saturated rings. The minimum absolute atomic E-state index is 0.0951. The van der Waals surface area contributed by atoms with Crippen LogP contribution >= 0.6 is 11.8 Å². The zero-order valence-corrected chi connectivity index (χ0v) is 12.0. The predicted molar refractivity (Wildman–Crippen MR) is 74.6 cm³/mol. The van der Waals surface area contributed by atoms with Crippen molar-refractivity contribution in [2.45, 2.75) is 36.4 Å². The Morgan fingerprint density at radius 3 is 2.25 bits per heavy atom. The molecule has 6 heteroatoms. The lowest BCUT2D eigenvalue weighted by atomic mass is 10.1. The van der Waals surface area contributed by atoms with E-state index in [-0.39, 0.29) is 10.9 Å². The predicted octanol–water partition coefficient (Wildman–Crippen LogP) is 3.10. The van der Waals surface area contributed by atoms with E-state index in [9.17, 15) is 8.78 Å². The third kappa shape index (κ3) is 3.74. The lowest BCUT2D eigenvalue weighted by Gasteiger charge is -2.09. The number of hydrogen-bond acceptors (Lipinski definition) is 4. The summed E-state index contributed by atoms with van der Waals surface area (Å²) in [6.07, 6.45) is 3.64. The highest BCUT2D eigenvalue weighted by molar-refractivity contribution is 7.99. The van der Waals surface area contributed by atoms with Crippen LogP contribution in [0.5, 0.6) is 0 Å². The maximum Gasteiger partial charge on any atom is 0.192 e. The second-order valence-electron chi connectivity index (χ2n) is 4.72. The van der Waals surface area contributed by atoms with Crippen molar-refractivity contribution in [2.24, 2.45) is 5.73 Å². The van der Waals surface area contributed by atoms with Gasteiger partial charge in [-0.1, -0.05) is 0 Å². The fourth-order valence-electron chi connectivity index (χ4n) is 1.72. The largest absolute Gasteiger partial charge is 0.328 e. The Balaban J connectivity index is 2.26. The maximum absolute atomic E-state index is 14.0. The Bertz CT molecular complexity index is 577. The molecule has 0 bridgehead atoms. The van der Waals surface area contributed by atoms with Gasteiger partial charge in [0.1, 0.15) is 11.6 Å². The number of aryl methyl sites for hydroxylation is 1. The first kappa shape index (κ1) is 14.9. The van der Waals surface area contributed by atoms with E-state index in [0.717, 1.165) is 17.3 Å². The normalized spacial score (nSPS) is 12.4. The van der Waals surface area contributed by atoms with Crippen LogP contribution in [0.4, 0.5) is 8.78 Å². The van der Waals surface area contributed by atoms with Crippen LogP contribution in [0.3, 0.4) is 0 Å². The van der Waals surface area contributed by atoms with Crippen LogP contribution in [-0.4, -0.2) is 16.0 Å². The van der Waals surface area contributed by atoms with Gasteiger partial charge in [0.2, 0.25) is 0 Å². The zero-order chi connectivity index (χ0) is 14.7. The molecule has 0 saturated carbocycles. The molecule has 1 heterocycles. The van der Waals surface area contributed by atoms with Crippen LogP contribution in [-0.2, 0) is 6.42 Å². The molecule has 1 aromatic carbocycles. The van der Waals surface area contributed by atoms with E-state index in [1.165, 1.54) is 12.1 Å². The molecule has 106 valence electrons. The van der Waals surface area contributed by atoms with Crippen LogP contribution in [0.15, 0.2) is 34.6 Å². The number of nitrogens with two attached hydrogens (primary N) is 1.